The Bertz CT molecular complexity index is 592. The molecule has 6 heteroatoms. The molecule has 0 saturated heterocycles. The lowest BCUT2D eigenvalue weighted by Gasteiger charge is -2.00. The van der Waals surface area contributed by atoms with Gasteiger partial charge in [-0.05, 0) is 6.07 Å². The first kappa shape index (κ1) is 10.0. The average molecular weight is 217 g/mol. The van der Waals surface area contributed by atoms with Crippen LogP contribution < -0.4 is 5.56 Å². The maximum atomic E-state index is 11.5. The summed E-state index contributed by atoms with van der Waals surface area (Å²) in [4.78, 5) is 27.8. The van der Waals surface area contributed by atoms with Crippen molar-refractivity contribution < 1.29 is 4.92 Å². The van der Waals surface area contributed by atoms with E-state index in [9.17, 15) is 14.9 Å². The summed E-state index contributed by atoms with van der Waals surface area (Å²) in [5, 5.41) is 10.8. The molecule has 0 radical (unpaired) electrons. The van der Waals surface area contributed by atoms with Gasteiger partial charge < -0.3 is 4.98 Å². The molecule has 2 rings (SSSR count). The van der Waals surface area contributed by atoms with Gasteiger partial charge in [0, 0.05) is 12.3 Å². The molecule has 0 aliphatic rings. The molecule has 0 unspecified atom stereocenters. The highest BCUT2D eigenvalue weighted by molar-refractivity contribution is 5.71. The number of aromatic nitrogens is 2. The molecule has 0 spiro atoms. The van der Waals surface area contributed by atoms with Crippen molar-refractivity contribution in [3.63, 3.8) is 0 Å². The first-order chi connectivity index (χ1) is 7.70. The van der Waals surface area contributed by atoms with Crippen LogP contribution in [0.15, 0.2) is 41.6 Å². The molecule has 0 fully saturated rings. The summed E-state index contributed by atoms with van der Waals surface area (Å²) in [5.74, 6) is 0. The number of nitrogens with zero attached hydrogens (tertiary/aromatic N) is 2. The number of nitro groups is 1. The number of hydrogen-bond acceptors (Lipinski definition) is 4. The summed E-state index contributed by atoms with van der Waals surface area (Å²) < 4.78 is 0. The van der Waals surface area contributed by atoms with Crippen molar-refractivity contribution in [1.29, 1.82) is 0 Å². The van der Waals surface area contributed by atoms with Crippen LogP contribution in [0.2, 0.25) is 0 Å². The Balaban J connectivity index is 2.70. The van der Waals surface area contributed by atoms with Crippen molar-refractivity contribution in [3.05, 3.63) is 57.3 Å². The first-order valence-electron chi connectivity index (χ1n) is 4.46. The van der Waals surface area contributed by atoms with Gasteiger partial charge in [0.15, 0.2) is 0 Å². The Morgan fingerprint density at radius 2 is 2.00 bits per heavy atom. The van der Waals surface area contributed by atoms with Crippen LogP contribution in [-0.4, -0.2) is 14.9 Å². The molecular weight excluding hydrogens is 210 g/mol. The molecule has 0 aliphatic carbocycles. The standard InChI is InChI=1S/C10H7N3O3/c14-10-8(5-11-6-12-10)7-3-1-2-4-9(7)13(15)16/h1-6H,(H,11,12,14). The lowest BCUT2D eigenvalue weighted by atomic mass is 10.1. The largest absolute Gasteiger partial charge is 0.313 e. The highest BCUT2D eigenvalue weighted by Crippen LogP contribution is 2.26. The monoisotopic (exact) mass is 217 g/mol. The number of para-hydroxylation sites is 1. The second kappa shape index (κ2) is 3.93. The van der Waals surface area contributed by atoms with Crippen LogP contribution in [0.3, 0.4) is 0 Å². The maximum Gasteiger partial charge on any atom is 0.277 e. The van der Waals surface area contributed by atoms with E-state index in [0.717, 1.165) is 0 Å². The molecule has 6 nitrogen and oxygen atoms in total. The SMILES string of the molecule is O=c1[nH]cncc1-c1ccccc1[N+](=O)[O-]. The Morgan fingerprint density at radius 3 is 2.69 bits per heavy atom. The van der Waals surface area contributed by atoms with E-state index >= 15 is 0 Å². The minimum Gasteiger partial charge on any atom is -0.313 e. The van der Waals surface area contributed by atoms with Crippen LogP contribution >= 0.6 is 0 Å². The predicted octanol–water partition coefficient (Wildman–Crippen LogP) is 1.35. The fourth-order valence-electron chi connectivity index (χ4n) is 1.40. The number of hydrogen-bond donors (Lipinski definition) is 1. The van der Waals surface area contributed by atoms with Crippen molar-refractivity contribution >= 4 is 5.69 Å². The van der Waals surface area contributed by atoms with Gasteiger partial charge in [-0.15, -0.1) is 0 Å². The fourth-order valence-corrected chi connectivity index (χ4v) is 1.40. The maximum absolute atomic E-state index is 11.5. The van der Waals surface area contributed by atoms with E-state index in [-0.39, 0.29) is 16.8 Å². The summed E-state index contributed by atoms with van der Waals surface area (Å²) in [7, 11) is 0. The first-order valence-corrected chi connectivity index (χ1v) is 4.46. The van der Waals surface area contributed by atoms with Crippen molar-refractivity contribution in [2.75, 3.05) is 0 Å². The molecule has 0 bridgehead atoms. The second-order valence-electron chi connectivity index (χ2n) is 3.07. The summed E-state index contributed by atoms with van der Waals surface area (Å²) in [5.41, 5.74) is -0.0537. The van der Waals surface area contributed by atoms with E-state index < -0.39 is 10.5 Å². The van der Waals surface area contributed by atoms with Gasteiger partial charge in [0.2, 0.25) is 0 Å². The summed E-state index contributed by atoms with van der Waals surface area (Å²) in [6.45, 7) is 0. The van der Waals surface area contributed by atoms with Gasteiger partial charge in [-0.1, -0.05) is 12.1 Å². The van der Waals surface area contributed by atoms with Crippen molar-refractivity contribution in [2.45, 2.75) is 0 Å². The minimum atomic E-state index is -0.526. The molecule has 16 heavy (non-hydrogen) atoms. The number of rotatable bonds is 2. The number of aromatic amines is 1. The van der Waals surface area contributed by atoms with Crippen LogP contribution in [0, 0.1) is 10.1 Å². The molecule has 2 aromatic rings. The van der Waals surface area contributed by atoms with Crippen LogP contribution in [0.25, 0.3) is 11.1 Å². The molecule has 0 amide bonds. The summed E-state index contributed by atoms with van der Waals surface area (Å²) in [6.07, 6.45) is 2.54. The van der Waals surface area contributed by atoms with Gasteiger partial charge in [-0.2, -0.15) is 0 Å². The smallest absolute Gasteiger partial charge is 0.277 e. The second-order valence-corrected chi connectivity index (χ2v) is 3.07. The summed E-state index contributed by atoms with van der Waals surface area (Å²) in [6, 6.07) is 6.05. The van der Waals surface area contributed by atoms with E-state index in [1.54, 1.807) is 12.1 Å². The fraction of sp³-hybridized carbons (Fsp3) is 0. The minimum absolute atomic E-state index is 0.110. The lowest BCUT2D eigenvalue weighted by Crippen LogP contribution is -2.09. The molecule has 0 aliphatic heterocycles. The van der Waals surface area contributed by atoms with E-state index in [0.29, 0.717) is 0 Å². The number of nitro benzene ring substituents is 1. The normalized spacial score (nSPS) is 10.0. The summed E-state index contributed by atoms with van der Waals surface area (Å²) >= 11 is 0. The molecule has 1 N–H and O–H groups in total. The lowest BCUT2D eigenvalue weighted by molar-refractivity contribution is -0.384. The highest BCUT2D eigenvalue weighted by atomic mass is 16.6. The third-order valence-corrected chi connectivity index (χ3v) is 2.11. The van der Waals surface area contributed by atoms with Crippen LogP contribution in [0.4, 0.5) is 5.69 Å². The third kappa shape index (κ3) is 1.68. The van der Waals surface area contributed by atoms with Crippen LogP contribution in [0.1, 0.15) is 0 Å². The third-order valence-electron chi connectivity index (χ3n) is 2.11. The van der Waals surface area contributed by atoms with E-state index in [2.05, 4.69) is 9.97 Å². The molecular formula is C10H7N3O3. The molecule has 0 atom stereocenters. The van der Waals surface area contributed by atoms with E-state index in [1.165, 1.54) is 24.7 Å². The topological polar surface area (TPSA) is 88.9 Å². The molecule has 0 saturated carbocycles. The Hall–Kier alpha value is -2.50. The predicted molar refractivity (Wildman–Crippen MR) is 56.9 cm³/mol. The zero-order valence-electron chi connectivity index (χ0n) is 8.08. The zero-order valence-corrected chi connectivity index (χ0v) is 8.08. The van der Waals surface area contributed by atoms with Crippen molar-refractivity contribution in [1.82, 2.24) is 9.97 Å². The molecule has 80 valence electrons. The molecule has 1 aromatic heterocycles. The van der Waals surface area contributed by atoms with Crippen molar-refractivity contribution in [2.24, 2.45) is 0 Å². The Morgan fingerprint density at radius 1 is 1.25 bits per heavy atom. The number of H-pyrrole nitrogens is 1. The molecule has 1 aromatic carbocycles. The van der Waals surface area contributed by atoms with Gasteiger partial charge in [-0.3, -0.25) is 14.9 Å². The quantitative estimate of drug-likeness (QED) is 0.607. The van der Waals surface area contributed by atoms with E-state index in [1.807, 2.05) is 0 Å². The Kier molecular flexibility index (Phi) is 2.47. The van der Waals surface area contributed by atoms with E-state index in [4.69, 9.17) is 0 Å². The number of nitrogens with one attached hydrogen (secondary N) is 1. The average Bonchev–Trinajstić information content (AvgIpc) is 2.29. The van der Waals surface area contributed by atoms with Gasteiger partial charge >= 0.3 is 0 Å². The van der Waals surface area contributed by atoms with Gasteiger partial charge in [0.1, 0.15) is 0 Å². The van der Waals surface area contributed by atoms with Crippen molar-refractivity contribution in [3.8, 4) is 11.1 Å². The van der Waals surface area contributed by atoms with Crippen LogP contribution in [0.5, 0.6) is 0 Å². The Labute approximate surface area is 89.7 Å². The highest BCUT2D eigenvalue weighted by Gasteiger charge is 2.16. The molecule has 1 heterocycles. The number of benzene rings is 1. The van der Waals surface area contributed by atoms with Gasteiger partial charge in [0.05, 0.1) is 22.4 Å². The van der Waals surface area contributed by atoms with Gasteiger partial charge in [-0.25, -0.2) is 4.98 Å². The zero-order chi connectivity index (χ0) is 11.5. The van der Waals surface area contributed by atoms with Gasteiger partial charge in [0.25, 0.3) is 11.2 Å². The van der Waals surface area contributed by atoms with Crippen LogP contribution in [-0.2, 0) is 0 Å².